The van der Waals surface area contributed by atoms with Gasteiger partial charge in [-0.15, -0.1) is 0 Å². The van der Waals surface area contributed by atoms with Crippen LogP contribution >= 0.6 is 0 Å². The van der Waals surface area contributed by atoms with Crippen molar-refractivity contribution in [2.75, 3.05) is 0 Å². The number of carbonyl (C=O) groups is 1. The number of hydrogen-bond donors (Lipinski definition) is 2. The van der Waals surface area contributed by atoms with Crippen LogP contribution in [-0.4, -0.2) is 26.0 Å². The zero-order chi connectivity index (χ0) is 15.1. The molecule has 0 spiro atoms. The van der Waals surface area contributed by atoms with E-state index in [0.717, 1.165) is 28.9 Å². The SMILES string of the molecule is Cn1nc(C(=O)O)cc1-c1c(O)cccc1C(F)(F)F. The molecule has 0 aliphatic carbocycles. The number of aromatic nitrogens is 2. The van der Waals surface area contributed by atoms with E-state index in [0.29, 0.717) is 0 Å². The van der Waals surface area contributed by atoms with E-state index in [1.165, 1.54) is 7.05 Å². The van der Waals surface area contributed by atoms with Crippen molar-refractivity contribution in [3.05, 3.63) is 35.5 Å². The van der Waals surface area contributed by atoms with Gasteiger partial charge in [0.15, 0.2) is 5.69 Å². The fraction of sp³-hybridized carbons (Fsp3) is 0.167. The maximum Gasteiger partial charge on any atom is 0.417 e. The fourth-order valence-electron chi connectivity index (χ4n) is 1.85. The number of nitrogens with zero attached hydrogens (tertiary/aromatic N) is 2. The van der Waals surface area contributed by atoms with E-state index in [1.807, 2.05) is 0 Å². The Balaban J connectivity index is 2.73. The predicted molar refractivity (Wildman–Crippen MR) is 62.3 cm³/mol. The third-order valence-corrected chi connectivity index (χ3v) is 2.70. The van der Waals surface area contributed by atoms with Gasteiger partial charge in [0.05, 0.1) is 16.8 Å². The van der Waals surface area contributed by atoms with Gasteiger partial charge >= 0.3 is 12.1 Å². The fourth-order valence-corrected chi connectivity index (χ4v) is 1.85. The third kappa shape index (κ3) is 2.31. The molecule has 0 fully saturated rings. The van der Waals surface area contributed by atoms with Gasteiger partial charge in [-0.1, -0.05) is 6.07 Å². The van der Waals surface area contributed by atoms with Gasteiger partial charge in [0.25, 0.3) is 0 Å². The molecule has 2 rings (SSSR count). The Kier molecular flexibility index (Phi) is 3.16. The molecule has 0 radical (unpaired) electrons. The quantitative estimate of drug-likeness (QED) is 0.889. The number of carboxylic acids is 1. The molecule has 5 nitrogen and oxygen atoms in total. The first-order valence-electron chi connectivity index (χ1n) is 5.38. The number of aromatic hydroxyl groups is 1. The zero-order valence-corrected chi connectivity index (χ0v) is 10.1. The molecule has 2 aromatic rings. The molecule has 20 heavy (non-hydrogen) atoms. The largest absolute Gasteiger partial charge is 0.507 e. The first kappa shape index (κ1) is 13.9. The van der Waals surface area contributed by atoms with Crippen molar-refractivity contribution in [1.82, 2.24) is 9.78 Å². The summed E-state index contributed by atoms with van der Waals surface area (Å²) in [5.74, 6) is -1.96. The summed E-state index contributed by atoms with van der Waals surface area (Å²) < 4.78 is 39.8. The number of phenolic OH excluding ortho intramolecular Hbond substituents is 1. The number of aromatic carboxylic acids is 1. The molecule has 2 N–H and O–H groups in total. The van der Waals surface area contributed by atoms with Crippen LogP contribution in [-0.2, 0) is 13.2 Å². The minimum atomic E-state index is -4.68. The Hall–Kier alpha value is -2.51. The maximum atomic E-state index is 13.0. The highest BCUT2D eigenvalue weighted by Gasteiger charge is 2.35. The molecule has 0 bridgehead atoms. The highest BCUT2D eigenvalue weighted by atomic mass is 19.4. The Morgan fingerprint density at radius 2 is 2.00 bits per heavy atom. The van der Waals surface area contributed by atoms with E-state index in [-0.39, 0.29) is 5.69 Å². The average Bonchev–Trinajstić information content (AvgIpc) is 2.70. The second kappa shape index (κ2) is 4.55. The van der Waals surface area contributed by atoms with Gasteiger partial charge in [0.1, 0.15) is 5.75 Å². The van der Waals surface area contributed by atoms with Crippen molar-refractivity contribution in [2.24, 2.45) is 7.05 Å². The number of halogens is 3. The highest BCUT2D eigenvalue weighted by Crippen LogP contribution is 2.41. The van der Waals surface area contributed by atoms with Crippen molar-refractivity contribution in [3.63, 3.8) is 0 Å². The lowest BCUT2D eigenvalue weighted by molar-refractivity contribution is -0.137. The minimum Gasteiger partial charge on any atom is -0.507 e. The summed E-state index contributed by atoms with van der Waals surface area (Å²) >= 11 is 0. The maximum absolute atomic E-state index is 13.0. The molecule has 106 valence electrons. The number of benzene rings is 1. The lowest BCUT2D eigenvalue weighted by Gasteiger charge is -2.14. The summed E-state index contributed by atoms with van der Waals surface area (Å²) in [5, 5.41) is 22.1. The zero-order valence-electron chi connectivity index (χ0n) is 10.1. The summed E-state index contributed by atoms with van der Waals surface area (Å²) in [5.41, 5.74) is -2.09. The Morgan fingerprint density at radius 1 is 1.35 bits per heavy atom. The Morgan fingerprint density at radius 3 is 2.50 bits per heavy atom. The summed E-state index contributed by atoms with van der Waals surface area (Å²) in [4.78, 5) is 10.8. The van der Waals surface area contributed by atoms with Crippen molar-refractivity contribution < 1.29 is 28.2 Å². The molecule has 8 heteroatoms. The van der Waals surface area contributed by atoms with Gasteiger partial charge in [-0.05, 0) is 18.2 Å². The number of aryl methyl sites for hydroxylation is 1. The van der Waals surface area contributed by atoms with Crippen LogP contribution < -0.4 is 0 Å². The van der Waals surface area contributed by atoms with Gasteiger partial charge in [0, 0.05) is 7.05 Å². The molecule has 1 aromatic heterocycles. The van der Waals surface area contributed by atoms with Crippen molar-refractivity contribution in [2.45, 2.75) is 6.18 Å². The van der Waals surface area contributed by atoms with Gasteiger partial charge in [-0.3, -0.25) is 4.68 Å². The predicted octanol–water partition coefficient (Wildman–Crippen LogP) is 2.51. The third-order valence-electron chi connectivity index (χ3n) is 2.70. The molecule has 0 aliphatic heterocycles. The smallest absolute Gasteiger partial charge is 0.417 e. The lowest BCUT2D eigenvalue weighted by Crippen LogP contribution is -2.08. The first-order chi connectivity index (χ1) is 9.21. The van der Waals surface area contributed by atoms with Crippen molar-refractivity contribution in [1.29, 1.82) is 0 Å². The van der Waals surface area contributed by atoms with Crippen LogP contribution in [0.1, 0.15) is 16.1 Å². The lowest BCUT2D eigenvalue weighted by atomic mass is 10.0. The molecular formula is C12H9F3N2O3. The van der Waals surface area contributed by atoms with Crippen LogP contribution in [0.4, 0.5) is 13.2 Å². The van der Waals surface area contributed by atoms with Crippen LogP contribution in [0.25, 0.3) is 11.3 Å². The molecule has 0 saturated carbocycles. The highest BCUT2D eigenvalue weighted by molar-refractivity contribution is 5.87. The second-order valence-electron chi connectivity index (χ2n) is 4.04. The van der Waals surface area contributed by atoms with Crippen molar-refractivity contribution in [3.8, 4) is 17.0 Å². The number of alkyl halides is 3. The van der Waals surface area contributed by atoms with Crippen molar-refractivity contribution >= 4 is 5.97 Å². The van der Waals surface area contributed by atoms with E-state index >= 15 is 0 Å². The van der Waals surface area contributed by atoms with Crippen LogP contribution in [0, 0.1) is 0 Å². The normalized spacial score (nSPS) is 11.6. The topological polar surface area (TPSA) is 75.4 Å². The Labute approximate surface area is 110 Å². The molecule has 1 aromatic carbocycles. The molecule has 0 atom stereocenters. The monoisotopic (exact) mass is 286 g/mol. The molecule has 0 aliphatic rings. The average molecular weight is 286 g/mol. The van der Waals surface area contributed by atoms with E-state index in [1.54, 1.807) is 0 Å². The van der Waals surface area contributed by atoms with Gasteiger partial charge in [-0.25, -0.2) is 4.79 Å². The van der Waals surface area contributed by atoms with Crippen LogP contribution in [0.5, 0.6) is 5.75 Å². The molecule has 0 saturated heterocycles. The molecular weight excluding hydrogens is 277 g/mol. The second-order valence-corrected chi connectivity index (χ2v) is 4.04. The van der Waals surface area contributed by atoms with Crippen LogP contribution in [0.2, 0.25) is 0 Å². The van der Waals surface area contributed by atoms with E-state index in [9.17, 15) is 23.1 Å². The number of rotatable bonds is 2. The summed E-state index contributed by atoms with van der Waals surface area (Å²) in [6.45, 7) is 0. The van der Waals surface area contributed by atoms with Gasteiger partial charge < -0.3 is 10.2 Å². The molecule has 0 amide bonds. The molecule has 0 unspecified atom stereocenters. The molecule has 1 heterocycles. The summed E-state index contributed by atoms with van der Waals surface area (Å²) in [7, 11) is 1.30. The summed E-state index contributed by atoms with van der Waals surface area (Å²) in [6, 6.07) is 3.95. The first-order valence-corrected chi connectivity index (χ1v) is 5.38. The van der Waals surface area contributed by atoms with Gasteiger partial charge in [0.2, 0.25) is 0 Å². The standard InChI is InChI=1S/C12H9F3N2O3/c1-17-8(5-7(16-17)11(19)20)10-6(12(13,14)15)3-2-4-9(10)18/h2-5,18H,1H3,(H,19,20). The minimum absolute atomic E-state index is 0.132. The summed E-state index contributed by atoms with van der Waals surface area (Å²) in [6.07, 6.45) is -4.68. The van der Waals surface area contributed by atoms with Gasteiger partial charge in [-0.2, -0.15) is 18.3 Å². The number of phenols is 1. The van der Waals surface area contributed by atoms with Crippen LogP contribution in [0.15, 0.2) is 24.3 Å². The number of carboxylic acid groups (broad SMARTS) is 1. The van der Waals surface area contributed by atoms with Crippen LogP contribution in [0.3, 0.4) is 0 Å². The van der Waals surface area contributed by atoms with E-state index in [2.05, 4.69) is 5.10 Å². The Bertz CT molecular complexity index is 677. The van der Waals surface area contributed by atoms with E-state index in [4.69, 9.17) is 5.11 Å². The number of hydrogen-bond acceptors (Lipinski definition) is 3. The van der Waals surface area contributed by atoms with E-state index < -0.39 is 34.7 Å².